The number of hydrogen-bond acceptors (Lipinski definition) is 4. The molecule has 174 valence electrons. The van der Waals surface area contributed by atoms with Crippen molar-refractivity contribution in [2.75, 3.05) is 7.05 Å². The normalized spacial score (nSPS) is 11.9. The molecular formula is C22H20F3N3O4S. The van der Waals surface area contributed by atoms with Gasteiger partial charge in [0, 0.05) is 17.9 Å². The van der Waals surface area contributed by atoms with Gasteiger partial charge in [-0.25, -0.2) is 13.1 Å². The maximum atomic E-state index is 13.1. The van der Waals surface area contributed by atoms with Gasteiger partial charge in [0.25, 0.3) is 11.5 Å². The number of nitrogens with one attached hydrogen (secondary N) is 2. The molecule has 0 radical (unpaired) electrons. The summed E-state index contributed by atoms with van der Waals surface area (Å²) in [7, 11) is -2.31. The lowest BCUT2D eigenvalue weighted by atomic mass is 10.1. The number of hydrogen-bond donors (Lipinski definition) is 2. The topological polar surface area (TPSA) is 97.3 Å². The highest BCUT2D eigenvalue weighted by Gasteiger charge is 2.30. The minimum atomic E-state index is -4.58. The number of carbonyl (C=O) groups is 1. The Labute approximate surface area is 187 Å². The summed E-state index contributed by atoms with van der Waals surface area (Å²) < 4.78 is 66.0. The van der Waals surface area contributed by atoms with E-state index >= 15 is 0 Å². The molecule has 2 aromatic carbocycles. The lowest BCUT2D eigenvalue weighted by Crippen LogP contribution is -2.33. The van der Waals surface area contributed by atoms with Gasteiger partial charge in [0.15, 0.2) is 0 Å². The Kier molecular flexibility index (Phi) is 6.75. The van der Waals surface area contributed by atoms with E-state index in [-0.39, 0.29) is 22.7 Å². The van der Waals surface area contributed by atoms with E-state index in [1.54, 1.807) is 6.92 Å². The average molecular weight is 479 g/mol. The summed E-state index contributed by atoms with van der Waals surface area (Å²) in [5.74, 6) is -0.715. The number of amides is 1. The Hall–Kier alpha value is -3.44. The first-order valence-electron chi connectivity index (χ1n) is 9.65. The van der Waals surface area contributed by atoms with Crippen LogP contribution < -0.4 is 15.6 Å². The molecule has 1 heterocycles. The molecule has 1 aromatic heterocycles. The Morgan fingerprint density at radius 1 is 1.03 bits per heavy atom. The highest BCUT2D eigenvalue weighted by molar-refractivity contribution is 7.89. The fourth-order valence-corrected chi connectivity index (χ4v) is 3.86. The number of carbonyl (C=O) groups excluding carboxylic acids is 1. The summed E-state index contributed by atoms with van der Waals surface area (Å²) in [6.07, 6.45) is -4.58. The summed E-state index contributed by atoms with van der Waals surface area (Å²) in [5, 5.41) is 2.56. The van der Waals surface area contributed by atoms with Gasteiger partial charge < -0.3 is 5.32 Å². The zero-order valence-electron chi connectivity index (χ0n) is 17.6. The third-order valence-electron chi connectivity index (χ3n) is 4.91. The quantitative estimate of drug-likeness (QED) is 0.568. The molecule has 0 fully saturated rings. The summed E-state index contributed by atoms with van der Waals surface area (Å²) in [6, 6.07) is 12.8. The fraction of sp³-hybridized carbons (Fsp3) is 0.182. The maximum absolute atomic E-state index is 13.1. The molecule has 33 heavy (non-hydrogen) atoms. The predicted octanol–water partition coefficient (Wildman–Crippen LogP) is 3.00. The van der Waals surface area contributed by atoms with Crippen LogP contribution >= 0.6 is 0 Å². The molecule has 0 spiro atoms. The Bertz CT molecular complexity index is 1350. The summed E-state index contributed by atoms with van der Waals surface area (Å²) in [6.45, 7) is 1.56. The second-order valence-corrected chi connectivity index (χ2v) is 9.00. The van der Waals surface area contributed by atoms with E-state index in [2.05, 4.69) is 10.0 Å². The molecule has 3 rings (SSSR count). The molecule has 0 saturated carbocycles. The van der Waals surface area contributed by atoms with Crippen molar-refractivity contribution in [1.29, 1.82) is 0 Å². The zero-order chi connectivity index (χ0) is 24.4. The van der Waals surface area contributed by atoms with Gasteiger partial charge >= 0.3 is 6.18 Å². The first-order chi connectivity index (χ1) is 15.4. The van der Waals surface area contributed by atoms with Crippen molar-refractivity contribution in [3.63, 3.8) is 0 Å². The third kappa shape index (κ3) is 5.32. The molecule has 0 bridgehead atoms. The number of aromatic nitrogens is 1. The average Bonchev–Trinajstić information content (AvgIpc) is 2.77. The van der Waals surface area contributed by atoms with Crippen molar-refractivity contribution in [2.24, 2.45) is 0 Å². The van der Waals surface area contributed by atoms with Crippen molar-refractivity contribution in [3.05, 3.63) is 93.4 Å². The second kappa shape index (κ2) is 9.20. The molecule has 11 heteroatoms. The van der Waals surface area contributed by atoms with Crippen LogP contribution in [0.25, 0.3) is 5.69 Å². The van der Waals surface area contributed by atoms with E-state index in [1.165, 1.54) is 55.6 Å². The van der Waals surface area contributed by atoms with E-state index in [9.17, 15) is 31.2 Å². The SMILES string of the molecule is CNS(=O)(=O)c1ccc(CNC(=O)c2ccc(C)n(-c3cccc(C(F)(F)F)c3)c2=O)cc1. The van der Waals surface area contributed by atoms with Crippen molar-refractivity contribution in [3.8, 4) is 5.69 Å². The number of aryl methyl sites for hydroxylation is 1. The number of rotatable bonds is 6. The van der Waals surface area contributed by atoms with Gasteiger partial charge in [-0.15, -0.1) is 0 Å². The van der Waals surface area contributed by atoms with Gasteiger partial charge in [-0.3, -0.25) is 14.2 Å². The molecular weight excluding hydrogens is 459 g/mol. The lowest BCUT2D eigenvalue weighted by Gasteiger charge is -2.14. The van der Waals surface area contributed by atoms with Crippen LogP contribution in [0, 0.1) is 6.92 Å². The van der Waals surface area contributed by atoms with Gasteiger partial charge in [0.2, 0.25) is 10.0 Å². The Morgan fingerprint density at radius 3 is 2.30 bits per heavy atom. The number of alkyl halides is 3. The molecule has 3 aromatic rings. The maximum Gasteiger partial charge on any atom is 0.416 e. The van der Waals surface area contributed by atoms with Gasteiger partial charge in [-0.2, -0.15) is 13.2 Å². The summed E-state index contributed by atoms with van der Waals surface area (Å²) >= 11 is 0. The van der Waals surface area contributed by atoms with E-state index in [1.807, 2.05) is 0 Å². The number of pyridine rings is 1. The van der Waals surface area contributed by atoms with Gasteiger partial charge in [0.1, 0.15) is 5.56 Å². The van der Waals surface area contributed by atoms with Crippen LogP contribution in [-0.4, -0.2) is 25.9 Å². The van der Waals surface area contributed by atoms with E-state index < -0.39 is 33.2 Å². The number of benzene rings is 2. The van der Waals surface area contributed by atoms with Gasteiger partial charge in [0.05, 0.1) is 10.5 Å². The number of nitrogens with zero attached hydrogens (tertiary/aromatic N) is 1. The smallest absolute Gasteiger partial charge is 0.348 e. The molecule has 0 atom stereocenters. The third-order valence-corrected chi connectivity index (χ3v) is 6.34. The number of halogens is 3. The molecule has 2 N–H and O–H groups in total. The second-order valence-electron chi connectivity index (χ2n) is 7.11. The number of sulfonamides is 1. The first-order valence-corrected chi connectivity index (χ1v) is 11.1. The van der Waals surface area contributed by atoms with Crippen LogP contribution in [0.5, 0.6) is 0 Å². The highest BCUT2D eigenvalue weighted by atomic mass is 32.2. The van der Waals surface area contributed by atoms with Crippen molar-refractivity contribution in [2.45, 2.75) is 24.5 Å². The zero-order valence-corrected chi connectivity index (χ0v) is 18.4. The fourth-order valence-electron chi connectivity index (χ4n) is 3.13. The van der Waals surface area contributed by atoms with Crippen molar-refractivity contribution in [1.82, 2.24) is 14.6 Å². The lowest BCUT2D eigenvalue weighted by molar-refractivity contribution is -0.137. The molecule has 0 unspecified atom stereocenters. The largest absolute Gasteiger partial charge is 0.416 e. The van der Waals surface area contributed by atoms with E-state index in [4.69, 9.17) is 0 Å². The van der Waals surface area contributed by atoms with Gasteiger partial charge in [-0.05, 0) is 62.0 Å². The summed E-state index contributed by atoms with van der Waals surface area (Å²) in [5.41, 5.74) is -0.983. The van der Waals surface area contributed by atoms with Crippen molar-refractivity contribution < 1.29 is 26.4 Å². The minimum Gasteiger partial charge on any atom is -0.348 e. The van der Waals surface area contributed by atoms with Crippen LogP contribution in [0.1, 0.15) is 27.2 Å². The molecule has 7 nitrogen and oxygen atoms in total. The standard InChI is InChI=1S/C22H20F3N3O4S/c1-14-6-11-19(21(30)28(14)17-5-3-4-16(12-17)22(23,24)25)20(29)27-13-15-7-9-18(10-8-15)33(31,32)26-2/h3-12,26H,13H2,1-2H3,(H,27,29). The Balaban J connectivity index is 1.85. The monoisotopic (exact) mass is 479 g/mol. The molecule has 0 aliphatic heterocycles. The minimum absolute atomic E-state index is 0.00951. The molecule has 1 amide bonds. The van der Waals surface area contributed by atoms with Crippen molar-refractivity contribution >= 4 is 15.9 Å². The van der Waals surface area contributed by atoms with E-state index in [0.717, 1.165) is 16.7 Å². The first kappa shape index (κ1) is 24.2. The highest BCUT2D eigenvalue weighted by Crippen LogP contribution is 2.30. The van der Waals surface area contributed by atoms with Crippen LogP contribution in [-0.2, 0) is 22.7 Å². The summed E-state index contributed by atoms with van der Waals surface area (Å²) in [4.78, 5) is 25.6. The van der Waals surface area contributed by atoms with Crippen LogP contribution in [0.3, 0.4) is 0 Å². The van der Waals surface area contributed by atoms with Gasteiger partial charge in [-0.1, -0.05) is 18.2 Å². The molecule has 0 saturated heterocycles. The Morgan fingerprint density at radius 2 is 1.70 bits per heavy atom. The van der Waals surface area contributed by atoms with Crippen LogP contribution in [0.2, 0.25) is 0 Å². The van der Waals surface area contributed by atoms with Crippen LogP contribution in [0.4, 0.5) is 13.2 Å². The molecule has 0 aliphatic rings. The van der Waals surface area contributed by atoms with E-state index in [0.29, 0.717) is 11.3 Å². The predicted molar refractivity (Wildman–Crippen MR) is 116 cm³/mol. The molecule has 0 aliphatic carbocycles. The van der Waals surface area contributed by atoms with Crippen LogP contribution in [0.15, 0.2) is 70.4 Å².